The van der Waals surface area contributed by atoms with Gasteiger partial charge in [-0.05, 0) is 5.56 Å². The summed E-state index contributed by atoms with van der Waals surface area (Å²) >= 11 is 0. The number of benzene rings is 1. The Bertz CT molecular complexity index is 673. The van der Waals surface area contributed by atoms with Crippen molar-refractivity contribution in [1.82, 2.24) is 4.90 Å². The molecule has 0 bridgehead atoms. The summed E-state index contributed by atoms with van der Waals surface area (Å²) in [4.78, 5) is 48.1. The number of ether oxygens (including phenoxy) is 3. The smallest absolute Gasteiger partial charge is 0.304 e. The SMILES string of the molecule is CC(=O)O[C@H]1[C@@H](OC(C)=O)N(Cc2ccccc2)C(=O)[C@@H]1OC(C)=O. The van der Waals surface area contributed by atoms with Gasteiger partial charge >= 0.3 is 17.9 Å². The summed E-state index contributed by atoms with van der Waals surface area (Å²) in [6, 6.07) is 8.99. The van der Waals surface area contributed by atoms with E-state index in [4.69, 9.17) is 14.2 Å². The summed E-state index contributed by atoms with van der Waals surface area (Å²) in [5, 5.41) is 0. The average molecular weight is 349 g/mol. The fourth-order valence-electron chi connectivity index (χ4n) is 2.61. The maximum Gasteiger partial charge on any atom is 0.304 e. The number of likely N-dealkylation sites (tertiary alicyclic amines) is 1. The molecule has 0 radical (unpaired) electrons. The minimum Gasteiger partial charge on any atom is -0.452 e. The highest BCUT2D eigenvalue weighted by Crippen LogP contribution is 2.28. The monoisotopic (exact) mass is 349 g/mol. The molecule has 1 aromatic rings. The van der Waals surface area contributed by atoms with Crippen molar-refractivity contribution in [1.29, 1.82) is 0 Å². The van der Waals surface area contributed by atoms with Gasteiger partial charge in [-0.25, -0.2) is 0 Å². The number of hydrogen-bond donors (Lipinski definition) is 0. The van der Waals surface area contributed by atoms with Crippen LogP contribution in [0.1, 0.15) is 26.3 Å². The Hall–Kier alpha value is -2.90. The lowest BCUT2D eigenvalue weighted by Crippen LogP contribution is -2.42. The van der Waals surface area contributed by atoms with Gasteiger partial charge in [0, 0.05) is 27.3 Å². The molecule has 1 amide bonds. The molecular weight excluding hydrogens is 330 g/mol. The molecule has 3 atom stereocenters. The van der Waals surface area contributed by atoms with Gasteiger partial charge in [-0.3, -0.25) is 24.1 Å². The van der Waals surface area contributed by atoms with E-state index in [2.05, 4.69) is 0 Å². The van der Waals surface area contributed by atoms with Gasteiger partial charge in [-0.1, -0.05) is 30.3 Å². The van der Waals surface area contributed by atoms with Crippen LogP contribution in [0.4, 0.5) is 0 Å². The van der Waals surface area contributed by atoms with E-state index in [-0.39, 0.29) is 6.54 Å². The van der Waals surface area contributed by atoms with Crippen molar-refractivity contribution in [3.8, 4) is 0 Å². The first kappa shape index (κ1) is 18.4. The largest absolute Gasteiger partial charge is 0.452 e. The maximum absolute atomic E-state index is 12.7. The van der Waals surface area contributed by atoms with Crippen LogP contribution in [0.25, 0.3) is 0 Å². The van der Waals surface area contributed by atoms with Crippen molar-refractivity contribution in [2.45, 2.75) is 45.8 Å². The molecule has 0 spiro atoms. The Morgan fingerprint density at radius 1 is 0.920 bits per heavy atom. The maximum atomic E-state index is 12.7. The van der Waals surface area contributed by atoms with E-state index in [1.165, 1.54) is 11.8 Å². The first-order chi connectivity index (χ1) is 11.8. The number of nitrogens with zero attached hydrogens (tertiary/aromatic N) is 1. The molecule has 0 unspecified atom stereocenters. The first-order valence-electron chi connectivity index (χ1n) is 7.65. The number of esters is 3. The van der Waals surface area contributed by atoms with Crippen molar-refractivity contribution in [3.63, 3.8) is 0 Å². The lowest BCUT2D eigenvalue weighted by Gasteiger charge is -2.26. The molecule has 25 heavy (non-hydrogen) atoms. The second-order valence-corrected chi connectivity index (χ2v) is 5.56. The Labute approximate surface area is 144 Å². The van der Waals surface area contributed by atoms with Gasteiger partial charge < -0.3 is 14.2 Å². The van der Waals surface area contributed by atoms with Crippen LogP contribution in [0.5, 0.6) is 0 Å². The van der Waals surface area contributed by atoms with E-state index in [0.717, 1.165) is 19.4 Å². The molecule has 1 heterocycles. The zero-order valence-electron chi connectivity index (χ0n) is 14.1. The van der Waals surface area contributed by atoms with E-state index in [0.29, 0.717) is 0 Å². The number of carbonyl (C=O) groups is 4. The van der Waals surface area contributed by atoms with Crippen LogP contribution in [0.2, 0.25) is 0 Å². The van der Waals surface area contributed by atoms with Crippen LogP contribution < -0.4 is 0 Å². The normalized spacial score (nSPS) is 22.4. The summed E-state index contributed by atoms with van der Waals surface area (Å²) in [7, 11) is 0. The number of rotatable bonds is 5. The minimum atomic E-state index is -1.37. The number of amides is 1. The predicted octanol–water partition coefficient (Wildman–Crippen LogP) is 0.781. The summed E-state index contributed by atoms with van der Waals surface area (Å²) in [6.07, 6.45) is -3.78. The van der Waals surface area contributed by atoms with Crippen molar-refractivity contribution in [2.75, 3.05) is 0 Å². The lowest BCUT2D eigenvalue weighted by molar-refractivity contribution is -0.180. The molecule has 2 rings (SSSR count). The van der Waals surface area contributed by atoms with E-state index >= 15 is 0 Å². The molecule has 0 aromatic heterocycles. The molecule has 1 aliphatic heterocycles. The topological polar surface area (TPSA) is 99.2 Å². The summed E-state index contributed by atoms with van der Waals surface area (Å²) in [5.74, 6) is -2.65. The fourth-order valence-corrected chi connectivity index (χ4v) is 2.61. The quantitative estimate of drug-likeness (QED) is 0.572. The Morgan fingerprint density at radius 2 is 1.48 bits per heavy atom. The molecule has 1 aromatic carbocycles. The number of hydrogen-bond acceptors (Lipinski definition) is 7. The Morgan fingerprint density at radius 3 is 2.00 bits per heavy atom. The molecule has 134 valence electrons. The van der Waals surface area contributed by atoms with Crippen molar-refractivity contribution in [2.24, 2.45) is 0 Å². The van der Waals surface area contributed by atoms with E-state index in [1.54, 1.807) is 24.3 Å². The van der Waals surface area contributed by atoms with Crippen molar-refractivity contribution < 1.29 is 33.4 Å². The van der Waals surface area contributed by atoms with Crippen LogP contribution >= 0.6 is 0 Å². The molecule has 0 aliphatic carbocycles. The standard InChI is InChI=1S/C17H19NO7/c1-10(19)23-14-15(24-11(2)20)17(25-12(3)21)18(16(14)22)9-13-7-5-4-6-8-13/h4-8,14-15,17H,9H2,1-3H3/t14-,15-,17-/m1/s1. The van der Waals surface area contributed by atoms with Crippen LogP contribution in [-0.4, -0.2) is 47.2 Å². The van der Waals surface area contributed by atoms with Crippen molar-refractivity contribution in [3.05, 3.63) is 35.9 Å². The minimum absolute atomic E-state index is 0.104. The van der Waals surface area contributed by atoms with Gasteiger partial charge in [0.2, 0.25) is 18.4 Å². The van der Waals surface area contributed by atoms with E-state index in [1.807, 2.05) is 6.07 Å². The highest BCUT2D eigenvalue weighted by Gasteiger charge is 2.54. The van der Waals surface area contributed by atoms with Gasteiger partial charge in [-0.15, -0.1) is 0 Å². The third-order valence-corrected chi connectivity index (χ3v) is 3.49. The fraction of sp³-hybridized carbons (Fsp3) is 0.412. The average Bonchev–Trinajstić information content (AvgIpc) is 2.73. The third-order valence-electron chi connectivity index (χ3n) is 3.49. The van der Waals surface area contributed by atoms with Crippen LogP contribution in [0.15, 0.2) is 30.3 Å². The predicted molar refractivity (Wildman–Crippen MR) is 83.7 cm³/mol. The highest BCUT2D eigenvalue weighted by atomic mass is 16.6. The van der Waals surface area contributed by atoms with Gasteiger partial charge in [0.1, 0.15) is 0 Å². The summed E-state index contributed by atoms with van der Waals surface area (Å²) < 4.78 is 15.3. The molecular formula is C17H19NO7. The van der Waals surface area contributed by atoms with Crippen LogP contribution in [0.3, 0.4) is 0 Å². The van der Waals surface area contributed by atoms with Crippen LogP contribution in [0, 0.1) is 0 Å². The highest BCUT2D eigenvalue weighted by molar-refractivity contribution is 5.87. The van der Waals surface area contributed by atoms with Crippen molar-refractivity contribution >= 4 is 23.8 Å². The molecule has 1 fully saturated rings. The molecule has 1 aliphatic rings. The molecule has 0 saturated carbocycles. The second-order valence-electron chi connectivity index (χ2n) is 5.56. The Balaban J connectivity index is 2.35. The van der Waals surface area contributed by atoms with Crippen LogP contribution in [-0.2, 0) is 39.9 Å². The third kappa shape index (κ3) is 4.56. The summed E-state index contributed by atoms with van der Waals surface area (Å²) in [5.41, 5.74) is 0.776. The van der Waals surface area contributed by atoms with E-state index < -0.39 is 42.3 Å². The van der Waals surface area contributed by atoms with E-state index in [9.17, 15) is 19.2 Å². The molecule has 8 heteroatoms. The van der Waals surface area contributed by atoms with Gasteiger partial charge in [0.05, 0.1) is 0 Å². The Kier molecular flexibility index (Phi) is 5.74. The zero-order chi connectivity index (χ0) is 18.6. The second kappa shape index (κ2) is 7.78. The number of carbonyl (C=O) groups excluding carboxylic acids is 4. The summed E-state index contributed by atoms with van der Waals surface area (Å²) in [6.45, 7) is 3.57. The molecule has 8 nitrogen and oxygen atoms in total. The van der Waals surface area contributed by atoms with Gasteiger partial charge in [0.15, 0.2) is 0 Å². The zero-order valence-corrected chi connectivity index (χ0v) is 14.1. The first-order valence-corrected chi connectivity index (χ1v) is 7.65. The van der Waals surface area contributed by atoms with Gasteiger partial charge in [-0.2, -0.15) is 0 Å². The van der Waals surface area contributed by atoms with Gasteiger partial charge in [0.25, 0.3) is 5.91 Å². The molecule has 1 saturated heterocycles. The molecule has 0 N–H and O–H groups in total. The lowest BCUT2D eigenvalue weighted by atomic mass is 10.2.